The molecule has 0 saturated carbocycles. The van der Waals surface area contributed by atoms with Gasteiger partial charge in [-0.2, -0.15) is 0 Å². The minimum absolute atomic E-state index is 0.241. The van der Waals surface area contributed by atoms with Crippen molar-refractivity contribution in [1.82, 2.24) is 14.9 Å². The van der Waals surface area contributed by atoms with E-state index in [1.165, 1.54) is 6.42 Å². The lowest BCUT2D eigenvalue weighted by Gasteiger charge is -2.19. The zero-order valence-corrected chi connectivity index (χ0v) is 11.7. The van der Waals surface area contributed by atoms with Crippen LogP contribution in [0, 0.1) is 0 Å². The van der Waals surface area contributed by atoms with Crippen molar-refractivity contribution in [3.63, 3.8) is 0 Å². The summed E-state index contributed by atoms with van der Waals surface area (Å²) in [6.07, 6.45) is 3.89. The van der Waals surface area contributed by atoms with Crippen molar-refractivity contribution in [2.75, 3.05) is 39.5 Å². The van der Waals surface area contributed by atoms with E-state index in [0.717, 1.165) is 32.4 Å². The molecule has 0 amide bonds. The third-order valence-corrected chi connectivity index (χ3v) is 4.73. The van der Waals surface area contributed by atoms with Gasteiger partial charge in [0.25, 0.3) is 0 Å². The van der Waals surface area contributed by atoms with Gasteiger partial charge in [0.2, 0.25) is 10.0 Å². The average Bonchev–Trinajstić information content (AvgIpc) is 2.68. The number of unbranched alkanes of at least 4 members (excludes halogenated alkanes) is 1. The summed E-state index contributed by atoms with van der Waals surface area (Å²) in [5.74, 6) is 0.241. The van der Waals surface area contributed by atoms with Crippen LogP contribution in [0.4, 0.5) is 0 Å². The Balaban J connectivity index is 2.19. The molecule has 6 heteroatoms. The first kappa shape index (κ1) is 14.9. The fraction of sp³-hybridized carbons (Fsp3) is 1.00. The van der Waals surface area contributed by atoms with Crippen molar-refractivity contribution in [2.24, 2.45) is 0 Å². The van der Waals surface area contributed by atoms with E-state index in [9.17, 15) is 8.42 Å². The fourth-order valence-corrected chi connectivity index (χ4v) is 3.30. The molecule has 1 saturated heterocycles. The SMILES string of the molecule is CNCCCCS(=O)(=O)NCC1CCCN1C. The van der Waals surface area contributed by atoms with E-state index < -0.39 is 10.0 Å². The van der Waals surface area contributed by atoms with Crippen LogP contribution in [0.3, 0.4) is 0 Å². The van der Waals surface area contributed by atoms with Gasteiger partial charge in [0, 0.05) is 12.6 Å². The van der Waals surface area contributed by atoms with Gasteiger partial charge in [-0.15, -0.1) is 0 Å². The Labute approximate surface area is 105 Å². The molecular weight excluding hydrogens is 238 g/mol. The van der Waals surface area contributed by atoms with Crippen LogP contribution in [-0.4, -0.2) is 58.8 Å². The van der Waals surface area contributed by atoms with Gasteiger partial charge in [-0.1, -0.05) is 0 Å². The van der Waals surface area contributed by atoms with E-state index in [1.54, 1.807) is 0 Å². The largest absolute Gasteiger partial charge is 0.320 e. The monoisotopic (exact) mass is 263 g/mol. The molecule has 0 aromatic carbocycles. The van der Waals surface area contributed by atoms with Crippen LogP contribution in [0.1, 0.15) is 25.7 Å². The minimum atomic E-state index is -3.08. The van der Waals surface area contributed by atoms with Crippen molar-refractivity contribution < 1.29 is 8.42 Å². The predicted molar refractivity (Wildman–Crippen MR) is 70.6 cm³/mol. The quantitative estimate of drug-likeness (QED) is 0.605. The number of nitrogens with one attached hydrogen (secondary N) is 2. The summed E-state index contributed by atoms with van der Waals surface area (Å²) in [7, 11) is 0.855. The zero-order valence-electron chi connectivity index (χ0n) is 10.9. The summed E-state index contributed by atoms with van der Waals surface area (Å²) >= 11 is 0. The number of sulfonamides is 1. The molecule has 1 heterocycles. The molecule has 1 rings (SSSR count). The number of nitrogens with zero attached hydrogens (tertiary/aromatic N) is 1. The molecule has 0 spiro atoms. The van der Waals surface area contributed by atoms with Crippen LogP contribution in [0.2, 0.25) is 0 Å². The van der Waals surface area contributed by atoms with Gasteiger partial charge < -0.3 is 10.2 Å². The van der Waals surface area contributed by atoms with Crippen molar-refractivity contribution >= 4 is 10.0 Å². The molecule has 1 unspecified atom stereocenters. The third kappa shape index (κ3) is 5.81. The first-order chi connectivity index (χ1) is 8.05. The van der Waals surface area contributed by atoms with Gasteiger partial charge in [-0.05, 0) is 52.9 Å². The Hall–Kier alpha value is -0.170. The fourth-order valence-electron chi connectivity index (χ4n) is 2.13. The molecule has 5 nitrogen and oxygen atoms in total. The zero-order chi connectivity index (χ0) is 12.7. The topological polar surface area (TPSA) is 61.4 Å². The Morgan fingerprint density at radius 2 is 2.12 bits per heavy atom. The Morgan fingerprint density at radius 3 is 2.71 bits per heavy atom. The molecule has 17 heavy (non-hydrogen) atoms. The van der Waals surface area contributed by atoms with Crippen LogP contribution in [0.25, 0.3) is 0 Å². The van der Waals surface area contributed by atoms with Gasteiger partial charge >= 0.3 is 0 Å². The number of likely N-dealkylation sites (N-methyl/N-ethyl adjacent to an activating group) is 1. The molecule has 0 aromatic heterocycles. The average molecular weight is 263 g/mol. The molecule has 0 radical (unpaired) electrons. The van der Waals surface area contributed by atoms with Crippen molar-refractivity contribution in [2.45, 2.75) is 31.7 Å². The van der Waals surface area contributed by atoms with Gasteiger partial charge in [0.1, 0.15) is 0 Å². The highest BCUT2D eigenvalue weighted by atomic mass is 32.2. The second-order valence-corrected chi connectivity index (χ2v) is 6.68. The highest BCUT2D eigenvalue weighted by molar-refractivity contribution is 7.89. The molecule has 1 aliphatic rings. The van der Waals surface area contributed by atoms with Gasteiger partial charge in [-0.25, -0.2) is 13.1 Å². The number of hydrogen-bond acceptors (Lipinski definition) is 4. The second-order valence-electron chi connectivity index (χ2n) is 4.75. The molecule has 0 aliphatic carbocycles. The maximum Gasteiger partial charge on any atom is 0.211 e. The first-order valence-electron chi connectivity index (χ1n) is 6.37. The Morgan fingerprint density at radius 1 is 1.35 bits per heavy atom. The van der Waals surface area contributed by atoms with Crippen LogP contribution >= 0.6 is 0 Å². The third-order valence-electron chi connectivity index (χ3n) is 3.30. The molecule has 1 fully saturated rings. The van der Waals surface area contributed by atoms with Crippen LogP contribution < -0.4 is 10.0 Å². The molecular formula is C11H25N3O2S. The highest BCUT2D eigenvalue weighted by Gasteiger charge is 2.22. The lowest BCUT2D eigenvalue weighted by atomic mass is 10.2. The summed E-state index contributed by atoms with van der Waals surface area (Å²) < 4.78 is 26.1. The first-order valence-corrected chi connectivity index (χ1v) is 8.02. The maximum absolute atomic E-state index is 11.7. The lowest BCUT2D eigenvalue weighted by Crippen LogP contribution is -2.39. The Kier molecular flexibility index (Phi) is 6.40. The summed E-state index contributed by atoms with van der Waals surface area (Å²) in [5.41, 5.74) is 0. The lowest BCUT2D eigenvalue weighted by molar-refractivity contribution is 0.311. The van der Waals surface area contributed by atoms with E-state index in [1.807, 2.05) is 7.05 Å². The van der Waals surface area contributed by atoms with E-state index in [2.05, 4.69) is 22.0 Å². The normalized spacial score (nSPS) is 22.1. The smallest absolute Gasteiger partial charge is 0.211 e. The standard InChI is InChI=1S/C11H25N3O2S/c1-12-7-3-4-9-17(15,16)13-10-11-6-5-8-14(11)2/h11-13H,3-10H2,1-2H3. The molecule has 0 bridgehead atoms. The van der Waals surface area contributed by atoms with E-state index in [-0.39, 0.29) is 5.75 Å². The highest BCUT2D eigenvalue weighted by Crippen LogP contribution is 2.13. The summed E-state index contributed by atoms with van der Waals surface area (Å²) in [5, 5.41) is 3.01. The van der Waals surface area contributed by atoms with Crippen LogP contribution in [-0.2, 0) is 10.0 Å². The Bertz CT molecular complexity index is 306. The van der Waals surface area contributed by atoms with E-state index >= 15 is 0 Å². The van der Waals surface area contributed by atoms with Crippen molar-refractivity contribution in [3.05, 3.63) is 0 Å². The maximum atomic E-state index is 11.7. The van der Waals surface area contributed by atoms with Gasteiger partial charge in [0.05, 0.1) is 5.75 Å². The molecule has 1 aliphatic heterocycles. The van der Waals surface area contributed by atoms with Gasteiger partial charge in [0.15, 0.2) is 0 Å². The number of likely N-dealkylation sites (tertiary alicyclic amines) is 1. The van der Waals surface area contributed by atoms with Crippen molar-refractivity contribution in [3.8, 4) is 0 Å². The second kappa shape index (κ2) is 7.31. The predicted octanol–water partition coefficient (Wildman–Crippen LogP) is -0.000400. The molecule has 2 N–H and O–H groups in total. The summed E-state index contributed by atoms with van der Waals surface area (Å²) in [6, 6.07) is 0.377. The number of hydrogen-bond donors (Lipinski definition) is 2. The minimum Gasteiger partial charge on any atom is -0.320 e. The van der Waals surface area contributed by atoms with Gasteiger partial charge in [-0.3, -0.25) is 0 Å². The molecule has 1 atom stereocenters. The molecule has 0 aromatic rings. The summed E-state index contributed by atoms with van der Waals surface area (Å²) in [6.45, 7) is 2.51. The van der Waals surface area contributed by atoms with E-state index in [0.29, 0.717) is 12.6 Å². The van der Waals surface area contributed by atoms with Crippen LogP contribution in [0.15, 0.2) is 0 Å². The molecule has 102 valence electrons. The van der Waals surface area contributed by atoms with E-state index in [4.69, 9.17) is 0 Å². The number of rotatable bonds is 8. The summed E-state index contributed by atoms with van der Waals surface area (Å²) in [4.78, 5) is 2.23. The van der Waals surface area contributed by atoms with Crippen molar-refractivity contribution in [1.29, 1.82) is 0 Å². The van der Waals surface area contributed by atoms with Crippen LogP contribution in [0.5, 0.6) is 0 Å².